The molecule has 378 valence electrons. The Morgan fingerprint density at radius 1 is 0.586 bits per heavy atom. The first-order valence-corrected chi connectivity index (χ1v) is 27.1. The number of fused-ring (bicyclic) bond motifs is 1. The van der Waals surface area contributed by atoms with Gasteiger partial charge in [0.2, 0.25) is 0 Å². The van der Waals surface area contributed by atoms with Crippen LogP contribution in [0.3, 0.4) is 0 Å². The minimum atomic E-state index is -0.189. The van der Waals surface area contributed by atoms with Gasteiger partial charge in [0.25, 0.3) is 0 Å². The third-order valence-electron chi connectivity index (χ3n) is 14.8. The number of rotatable bonds is 18. The zero-order valence-corrected chi connectivity index (χ0v) is 47.6. The van der Waals surface area contributed by atoms with Gasteiger partial charge in [-0.2, -0.15) is 0 Å². The van der Waals surface area contributed by atoms with E-state index in [0.29, 0.717) is 11.8 Å². The molecule has 6 aromatic rings. The van der Waals surface area contributed by atoms with Crippen LogP contribution in [-0.4, -0.2) is 41.0 Å². The fourth-order valence-corrected chi connectivity index (χ4v) is 9.99. The van der Waals surface area contributed by atoms with Crippen LogP contribution < -0.4 is 4.90 Å². The topological polar surface area (TPSA) is 32.3 Å². The zero-order chi connectivity index (χ0) is 52.3. The average Bonchev–Trinajstić information content (AvgIpc) is 3.39. The third kappa shape index (κ3) is 13.7. The van der Waals surface area contributed by atoms with Gasteiger partial charge in [0, 0.05) is 60.0 Å². The second kappa shape index (κ2) is 28.4. The fraction of sp³-hybridized carbons (Fsp3) is 0.455. The molecule has 0 N–H and O–H groups in total. The van der Waals surface area contributed by atoms with Crippen molar-refractivity contribution >= 4 is 16.7 Å². The van der Waals surface area contributed by atoms with E-state index in [9.17, 15) is 0 Å². The molecule has 0 saturated carbocycles. The number of para-hydroxylation sites is 2. The van der Waals surface area contributed by atoms with Crippen molar-refractivity contribution in [3.05, 3.63) is 172 Å². The highest BCUT2D eigenvalue weighted by molar-refractivity contribution is 5.86. The van der Waals surface area contributed by atoms with Gasteiger partial charge < -0.3 is 9.80 Å². The second-order valence-corrected chi connectivity index (χ2v) is 18.9. The molecule has 0 aliphatic carbocycles. The summed E-state index contributed by atoms with van der Waals surface area (Å²) in [6.07, 6.45) is 3.17. The molecular weight excluding hydrogens is 849 g/mol. The number of hydrogen-bond acceptors (Lipinski definition) is 4. The quantitative estimate of drug-likeness (QED) is 0.0804. The summed E-state index contributed by atoms with van der Waals surface area (Å²) in [4.78, 5) is 15.1. The van der Waals surface area contributed by atoms with E-state index < -0.39 is 0 Å². The van der Waals surface area contributed by atoms with Gasteiger partial charge >= 0.3 is 0 Å². The van der Waals surface area contributed by atoms with E-state index in [2.05, 4.69) is 210 Å². The Balaban J connectivity index is 0.000000971. The monoisotopic (exact) mass is 943 g/mol. The van der Waals surface area contributed by atoms with Crippen molar-refractivity contribution in [2.75, 3.05) is 31.1 Å². The molecule has 70 heavy (non-hydrogen) atoms. The van der Waals surface area contributed by atoms with Crippen LogP contribution >= 0.6 is 0 Å². The fourth-order valence-electron chi connectivity index (χ4n) is 9.99. The molecule has 0 amide bonds. The molecule has 4 nitrogen and oxygen atoms in total. The van der Waals surface area contributed by atoms with Crippen LogP contribution in [0.4, 0.5) is 5.69 Å². The van der Waals surface area contributed by atoms with Crippen molar-refractivity contribution in [3.63, 3.8) is 0 Å². The number of aromatic nitrogens is 2. The smallest absolute Gasteiger partial charge is 0.0973 e. The Bertz CT molecular complexity index is 2550. The van der Waals surface area contributed by atoms with Gasteiger partial charge in [-0.1, -0.05) is 177 Å². The highest BCUT2D eigenvalue weighted by Crippen LogP contribution is 2.48. The molecular formula is C66H94N4. The van der Waals surface area contributed by atoms with Crippen LogP contribution in [0.25, 0.3) is 33.5 Å². The molecule has 0 aliphatic rings. The number of aryl methyl sites for hydroxylation is 2. The number of nitrogens with zero attached hydrogens (tertiary/aromatic N) is 4. The largest absolute Gasteiger partial charge is 0.376 e. The summed E-state index contributed by atoms with van der Waals surface area (Å²) in [5, 5.41) is 0. The number of allylic oxidation sites excluding steroid dienone is 3. The maximum Gasteiger partial charge on any atom is 0.0973 e. The molecule has 0 aliphatic heterocycles. The summed E-state index contributed by atoms with van der Waals surface area (Å²) in [6, 6.07) is 41.1. The minimum absolute atomic E-state index is 0.166. The molecule has 0 fully saturated rings. The zero-order valence-electron chi connectivity index (χ0n) is 47.6. The van der Waals surface area contributed by atoms with Crippen molar-refractivity contribution in [3.8, 4) is 22.5 Å². The van der Waals surface area contributed by atoms with E-state index in [0.717, 1.165) is 84.7 Å². The predicted octanol–water partition coefficient (Wildman–Crippen LogP) is 19.1. The molecule has 0 spiro atoms. The summed E-state index contributed by atoms with van der Waals surface area (Å²) in [7, 11) is 0. The Morgan fingerprint density at radius 3 is 1.51 bits per heavy atom. The van der Waals surface area contributed by atoms with E-state index in [1.54, 1.807) is 0 Å². The van der Waals surface area contributed by atoms with Crippen molar-refractivity contribution in [1.82, 2.24) is 14.9 Å². The van der Waals surface area contributed by atoms with Gasteiger partial charge in [0.05, 0.1) is 22.4 Å². The van der Waals surface area contributed by atoms with Crippen molar-refractivity contribution < 1.29 is 0 Å². The predicted molar refractivity (Wildman–Crippen MR) is 312 cm³/mol. The lowest BCUT2D eigenvalue weighted by molar-refractivity contribution is 0.323. The Labute approximate surface area is 428 Å². The van der Waals surface area contributed by atoms with Gasteiger partial charge in [-0.3, -0.25) is 0 Å². The third-order valence-corrected chi connectivity index (χ3v) is 14.8. The standard InChI is InChI=1S/C55H67N3.C7H15N.2C2H6/c1-13-38(9)44-33-45(52(41(12)36(6)7)49-31-30-48(32-39(49)10)58(16-4)17-5)35-47(34-44)55(15-3,40(11)14-2)46-28-26-43(27-29-46)54-53(42-24-22-37(8)23-25-42)56-50-20-18-19-21-51(50)57-54;1-5-8(6-2)7(3)4;2*1-2/h18-35,38,40,52H,13-17H2,1-12H3;3,5-6H2,1-2,4H3;2*1-2H3. The Hall–Kier alpha value is -5.48. The summed E-state index contributed by atoms with van der Waals surface area (Å²) in [6.45, 7) is 50.1. The molecule has 4 atom stereocenters. The van der Waals surface area contributed by atoms with Gasteiger partial charge in [-0.05, 0) is 152 Å². The van der Waals surface area contributed by atoms with E-state index in [4.69, 9.17) is 9.97 Å². The Kier molecular flexibility index (Phi) is 23.9. The maximum atomic E-state index is 5.26. The number of benzene rings is 5. The summed E-state index contributed by atoms with van der Waals surface area (Å²) in [5.41, 5.74) is 20.5. The lowest BCUT2D eigenvalue weighted by Crippen LogP contribution is -2.35. The summed E-state index contributed by atoms with van der Waals surface area (Å²) < 4.78 is 0. The first-order valence-electron chi connectivity index (χ1n) is 27.1. The minimum Gasteiger partial charge on any atom is -0.376 e. The summed E-state index contributed by atoms with van der Waals surface area (Å²) >= 11 is 0. The van der Waals surface area contributed by atoms with Crippen molar-refractivity contribution in [2.45, 2.75) is 168 Å². The molecule has 0 bridgehead atoms. The van der Waals surface area contributed by atoms with Gasteiger partial charge in [0.1, 0.15) is 0 Å². The maximum absolute atomic E-state index is 5.26. The van der Waals surface area contributed by atoms with Crippen LogP contribution in [0.5, 0.6) is 0 Å². The van der Waals surface area contributed by atoms with Crippen LogP contribution in [0.2, 0.25) is 0 Å². The molecule has 0 saturated heterocycles. The normalized spacial score (nSPS) is 12.9. The number of hydrogen-bond donors (Lipinski definition) is 0. The Morgan fingerprint density at radius 2 is 1.10 bits per heavy atom. The molecule has 1 aromatic heterocycles. The highest BCUT2D eigenvalue weighted by Gasteiger charge is 2.39. The van der Waals surface area contributed by atoms with E-state index in [1.165, 1.54) is 55.8 Å². The molecule has 6 rings (SSSR count). The SMILES string of the molecule is C=C(C)N(CC)CC.CC.CC.CCC(C)c1cc(C(C(C)=C(C)C)c2ccc(N(CC)CC)cc2C)cc(C(CC)(c2ccc(-c3nc4ccccc4nc3-c3ccc(C)cc3)cc2)C(C)CC)c1. The van der Waals surface area contributed by atoms with Crippen LogP contribution in [0, 0.1) is 19.8 Å². The second-order valence-electron chi connectivity index (χ2n) is 18.9. The molecule has 1 heterocycles. The lowest BCUT2D eigenvalue weighted by Gasteiger charge is -2.41. The van der Waals surface area contributed by atoms with E-state index in [1.807, 2.05) is 46.8 Å². The first-order chi connectivity index (χ1) is 33.6. The molecule has 4 unspecified atom stereocenters. The van der Waals surface area contributed by atoms with Crippen LogP contribution in [0.15, 0.2) is 133 Å². The first kappa shape index (κ1) is 58.8. The lowest BCUT2D eigenvalue weighted by atomic mass is 9.62. The van der Waals surface area contributed by atoms with Gasteiger partial charge in [-0.15, -0.1) is 0 Å². The van der Waals surface area contributed by atoms with Crippen molar-refractivity contribution in [1.29, 1.82) is 0 Å². The van der Waals surface area contributed by atoms with Crippen LogP contribution in [0.1, 0.15) is 188 Å². The average molecular weight is 944 g/mol. The molecule has 4 heteroatoms. The van der Waals surface area contributed by atoms with Crippen LogP contribution in [-0.2, 0) is 5.41 Å². The van der Waals surface area contributed by atoms with Gasteiger partial charge in [0.15, 0.2) is 0 Å². The van der Waals surface area contributed by atoms with Crippen molar-refractivity contribution in [2.24, 2.45) is 5.92 Å². The van der Waals surface area contributed by atoms with E-state index in [-0.39, 0.29) is 11.3 Å². The highest BCUT2D eigenvalue weighted by atomic mass is 15.1. The summed E-state index contributed by atoms with van der Waals surface area (Å²) in [5.74, 6) is 1.02. The molecule has 0 radical (unpaired) electrons. The van der Waals surface area contributed by atoms with Gasteiger partial charge in [-0.25, -0.2) is 9.97 Å². The molecule has 5 aromatic carbocycles. The van der Waals surface area contributed by atoms with E-state index >= 15 is 0 Å². The number of anilines is 1.